The summed E-state index contributed by atoms with van der Waals surface area (Å²) in [6.07, 6.45) is -3.76. The zero-order valence-corrected chi connectivity index (χ0v) is 14.3. The lowest BCUT2D eigenvalue weighted by Gasteiger charge is -2.29. The van der Waals surface area contributed by atoms with Crippen molar-refractivity contribution in [3.63, 3.8) is 0 Å². The minimum absolute atomic E-state index is 0.162. The van der Waals surface area contributed by atoms with E-state index in [1.807, 2.05) is 0 Å². The highest BCUT2D eigenvalue weighted by Gasteiger charge is 2.31. The van der Waals surface area contributed by atoms with Crippen LogP contribution in [0.1, 0.15) is 23.4 Å². The third kappa shape index (κ3) is 4.52. The van der Waals surface area contributed by atoms with Crippen molar-refractivity contribution in [2.75, 3.05) is 18.4 Å². The van der Waals surface area contributed by atoms with Crippen LogP contribution in [0.5, 0.6) is 5.75 Å². The molecule has 1 aromatic heterocycles. The average Bonchev–Trinajstić information content (AvgIpc) is 3.00. The zero-order chi connectivity index (χ0) is 18.0. The number of carbonyl (C=O) groups excluding carboxylic acids is 1. The van der Waals surface area contributed by atoms with Gasteiger partial charge in [-0.2, -0.15) is 0 Å². The molecule has 8 heteroatoms. The first-order valence-corrected chi connectivity index (χ1v) is 8.76. The largest absolute Gasteiger partial charge is 0.573 e. The molecule has 0 saturated heterocycles. The summed E-state index contributed by atoms with van der Waals surface area (Å²) in [4.78, 5) is 14.8. The van der Waals surface area contributed by atoms with Crippen LogP contribution in [0, 0.1) is 0 Å². The van der Waals surface area contributed by atoms with Gasteiger partial charge >= 0.3 is 6.36 Å². The van der Waals surface area contributed by atoms with Crippen LogP contribution in [0.3, 0.4) is 0 Å². The Labute approximate surface area is 147 Å². The second-order valence-electron chi connectivity index (χ2n) is 5.98. The molecular formula is C17H18F3N2O2S+. The van der Waals surface area contributed by atoms with E-state index >= 15 is 0 Å². The van der Waals surface area contributed by atoms with Gasteiger partial charge in [-0.05, 0) is 42.6 Å². The van der Waals surface area contributed by atoms with Crippen LogP contribution in [0.4, 0.5) is 18.9 Å². The van der Waals surface area contributed by atoms with Crippen molar-refractivity contribution in [2.24, 2.45) is 0 Å². The summed E-state index contributed by atoms with van der Waals surface area (Å²) in [7, 11) is 0. The number of nitrogens with one attached hydrogen (secondary N) is 2. The van der Waals surface area contributed by atoms with Crippen LogP contribution in [-0.4, -0.2) is 25.4 Å². The van der Waals surface area contributed by atoms with Crippen molar-refractivity contribution >= 4 is 22.9 Å². The standard InChI is InChI=1S/C17H17F3N2O2S/c1-11-14-7-9-25-15(14)6-8-22(11)10-16(23)21-12-2-4-13(5-3-12)24-17(18,19)20/h2-5,7,9,11H,6,8,10H2,1H3,(H,21,23)/p+1/t11-/m0/s1. The highest BCUT2D eigenvalue weighted by molar-refractivity contribution is 7.10. The minimum atomic E-state index is -4.72. The summed E-state index contributed by atoms with van der Waals surface area (Å²) in [5.74, 6) is -0.476. The van der Waals surface area contributed by atoms with E-state index in [1.165, 1.54) is 39.6 Å². The summed E-state index contributed by atoms with van der Waals surface area (Å²) in [5.41, 5.74) is 1.74. The number of hydrogen-bond donors (Lipinski definition) is 2. The number of carbonyl (C=O) groups is 1. The number of anilines is 1. The van der Waals surface area contributed by atoms with Crippen molar-refractivity contribution in [1.29, 1.82) is 0 Å². The Hall–Kier alpha value is -2.06. The number of rotatable bonds is 4. The quantitative estimate of drug-likeness (QED) is 0.868. The predicted molar refractivity (Wildman–Crippen MR) is 88.9 cm³/mol. The van der Waals surface area contributed by atoms with Gasteiger partial charge in [-0.15, -0.1) is 24.5 Å². The Bertz CT molecular complexity index is 743. The first kappa shape index (κ1) is 17.8. The highest BCUT2D eigenvalue weighted by atomic mass is 32.1. The van der Waals surface area contributed by atoms with Crippen LogP contribution in [0.25, 0.3) is 0 Å². The lowest BCUT2D eigenvalue weighted by atomic mass is 10.0. The molecule has 1 aliphatic rings. The van der Waals surface area contributed by atoms with E-state index in [2.05, 4.69) is 28.4 Å². The monoisotopic (exact) mass is 371 g/mol. The molecule has 0 radical (unpaired) electrons. The second kappa shape index (κ2) is 7.05. The zero-order valence-electron chi connectivity index (χ0n) is 13.5. The molecule has 0 aliphatic carbocycles. The molecule has 1 amide bonds. The van der Waals surface area contributed by atoms with E-state index < -0.39 is 6.36 Å². The van der Waals surface area contributed by atoms with Gasteiger partial charge in [0.15, 0.2) is 6.54 Å². The Morgan fingerprint density at radius 1 is 1.32 bits per heavy atom. The van der Waals surface area contributed by atoms with E-state index in [9.17, 15) is 18.0 Å². The number of halogens is 3. The van der Waals surface area contributed by atoms with Crippen LogP contribution >= 0.6 is 11.3 Å². The lowest BCUT2D eigenvalue weighted by Crippen LogP contribution is -3.14. The molecule has 25 heavy (non-hydrogen) atoms. The SMILES string of the molecule is C[C@H]1c2ccsc2CC[NH+]1CC(=O)Nc1ccc(OC(F)(F)F)cc1. The molecule has 0 saturated carbocycles. The van der Waals surface area contributed by atoms with Gasteiger partial charge in [-0.25, -0.2) is 0 Å². The number of benzene rings is 1. The average molecular weight is 371 g/mol. The van der Waals surface area contributed by atoms with Gasteiger partial charge in [0, 0.05) is 22.5 Å². The summed E-state index contributed by atoms with van der Waals surface area (Å²) >= 11 is 1.75. The van der Waals surface area contributed by atoms with Gasteiger partial charge in [0.05, 0.1) is 6.54 Å². The second-order valence-corrected chi connectivity index (χ2v) is 6.98. The number of fused-ring (bicyclic) bond motifs is 1. The van der Waals surface area contributed by atoms with Gasteiger partial charge in [0.1, 0.15) is 11.8 Å². The van der Waals surface area contributed by atoms with E-state index in [0.29, 0.717) is 12.2 Å². The molecule has 1 aliphatic heterocycles. The minimum Gasteiger partial charge on any atom is -0.406 e. The fourth-order valence-corrected chi connectivity index (χ4v) is 4.02. The molecule has 2 heterocycles. The topological polar surface area (TPSA) is 42.8 Å². The molecule has 3 rings (SSSR count). The maximum Gasteiger partial charge on any atom is 0.573 e. The van der Waals surface area contributed by atoms with Gasteiger partial charge in [-0.1, -0.05) is 0 Å². The first-order chi connectivity index (χ1) is 11.8. The maximum absolute atomic E-state index is 12.2. The smallest absolute Gasteiger partial charge is 0.406 e. The summed E-state index contributed by atoms with van der Waals surface area (Å²) < 4.78 is 40.2. The van der Waals surface area contributed by atoms with Crippen molar-refractivity contribution in [2.45, 2.75) is 25.7 Å². The Morgan fingerprint density at radius 3 is 2.72 bits per heavy atom. The Balaban J connectivity index is 1.56. The van der Waals surface area contributed by atoms with E-state index in [4.69, 9.17) is 0 Å². The van der Waals surface area contributed by atoms with E-state index in [-0.39, 0.29) is 17.7 Å². The predicted octanol–water partition coefficient (Wildman–Crippen LogP) is 2.79. The number of thiophene rings is 1. The molecule has 2 atom stereocenters. The summed E-state index contributed by atoms with van der Waals surface area (Å²) in [6.45, 7) is 3.31. The maximum atomic E-state index is 12.2. The van der Waals surface area contributed by atoms with Gasteiger partial charge < -0.3 is 15.0 Å². The van der Waals surface area contributed by atoms with Crippen molar-refractivity contribution in [3.8, 4) is 5.75 Å². The number of ether oxygens (including phenoxy) is 1. The van der Waals surface area contributed by atoms with Crippen molar-refractivity contribution < 1.29 is 27.6 Å². The molecule has 0 fully saturated rings. The third-order valence-electron chi connectivity index (χ3n) is 4.29. The highest BCUT2D eigenvalue weighted by Crippen LogP contribution is 2.25. The van der Waals surface area contributed by atoms with Crippen LogP contribution in [-0.2, 0) is 11.2 Å². The molecule has 2 aromatic rings. The third-order valence-corrected chi connectivity index (χ3v) is 5.29. The van der Waals surface area contributed by atoms with E-state index in [1.54, 1.807) is 11.3 Å². The Morgan fingerprint density at radius 2 is 2.04 bits per heavy atom. The summed E-state index contributed by atoms with van der Waals surface area (Å²) in [6, 6.07) is 7.51. The van der Waals surface area contributed by atoms with Crippen LogP contribution < -0.4 is 15.0 Å². The first-order valence-electron chi connectivity index (χ1n) is 7.88. The molecule has 4 nitrogen and oxygen atoms in total. The fourth-order valence-electron chi connectivity index (χ4n) is 3.04. The van der Waals surface area contributed by atoms with Crippen LogP contribution in [0.15, 0.2) is 35.7 Å². The van der Waals surface area contributed by atoms with Gasteiger partial charge in [0.25, 0.3) is 5.91 Å². The molecule has 0 bridgehead atoms. The Kier molecular flexibility index (Phi) is 5.01. The van der Waals surface area contributed by atoms with Gasteiger partial charge in [-0.3, -0.25) is 4.79 Å². The van der Waals surface area contributed by atoms with Crippen molar-refractivity contribution in [1.82, 2.24) is 0 Å². The number of alkyl halides is 3. The molecule has 134 valence electrons. The van der Waals surface area contributed by atoms with Crippen LogP contribution in [0.2, 0.25) is 0 Å². The number of quaternary nitrogens is 1. The molecule has 1 unspecified atom stereocenters. The molecule has 0 spiro atoms. The fraction of sp³-hybridized carbons (Fsp3) is 0.353. The van der Waals surface area contributed by atoms with Crippen molar-refractivity contribution in [3.05, 3.63) is 46.2 Å². The lowest BCUT2D eigenvalue weighted by molar-refractivity contribution is -0.923. The molecular weight excluding hydrogens is 353 g/mol. The molecule has 1 aromatic carbocycles. The van der Waals surface area contributed by atoms with Gasteiger partial charge in [0.2, 0.25) is 0 Å². The molecule has 2 N–H and O–H groups in total. The number of hydrogen-bond acceptors (Lipinski definition) is 3. The number of amides is 1. The summed E-state index contributed by atoms with van der Waals surface area (Å²) in [5, 5.41) is 4.80. The normalized spacial score (nSPS) is 20.0. The van der Waals surface area contributed by atoms with E-state index in [0.717, 1.165) is 13.0 Å².